The third kappa shape index (κ3) is 2.59. The first kappa shape index (κ1) is 14.0. The summed E-state index contributed by atoms with van der Waals surface area (Å²) in [6.45, 7) is 2.12. The molecule has 1 aliphatic rings. The molecule has 1 aliphatic carbocycles. The minimum atomic E-state index is 0.402. The summed E-state index contributed by atoms with van der Waals surface area (Å²) >= 11 is 5.40. The zero-order chi connectivity index (χ0) is 14.1. The molecule has 1 N–H and O–H groups in total. The maximum absolute atomic E-state index is 5.53. The summed E-state index contributed by atoms with van der Waals surface area (Å²) in [6, 6.07) is 6.81. The molecule has 1 atom stereocenters. The Morgan fingerprint density at radius 2 is 2.25 bits per heavy atom. The van der Waals surface area contributed by atoms with E-state index in [1.165, 1.54) is 35.3 Å². The molecule has 2 aromatic rings. The van der Waals surface area contributed by atoms with E-state index < -0.39 is 0 Å². The van der Waals surface area contributed by atoms with E-state index >= 15 is 0 Å². The zero-order valence-corrected chi connectivity index (χ0v) is 14.1. The summed E-state index contributed by atoms with van der Waals surface area (Å²) in [5.41, 5.74) is 3.78. The molecule has 0 saturated heterocycles. The number of fused-ring (bicyclic) bond motifs is 1. The number of methoxy groups -OCH3 is 1. The highest BCUT2D eigenvalue weighted by molar-refractivity contribution is 9.10. The fourth-order valence-corrected chi connectivity index (χ4v) is 4.41. The van der Waals surface area contributed by atoms with E-state index in [-0.39, 0.29) is 0 Å². The van der Waals surface area contributed by atoms with Crippen molar-refractivity contribution < 1.29 is 4.74 Å². The molecule has 4 heteroatoms. The lowest BCUT2D eigenvalue weighted by Crippen LogP contribution is -2.16. The molecular formula is C16H18BrNOS. The van der Waals surface area contributed by atoms with Crippen molar-refractivity contribution in [1.29, 1.82) is 0 Å². The van der Waals surface area contributed by atoms with Crippen LogP contribution >= 0.6 is 27.3 Å². The normalized spacial score (nSPS) is 17.6. The van der Waals surface area contributed by atoms with Gasteiger partial charge >= 0.3 is 0 Å². The molecular weight excluding hydrogens is 334 g/mol. The van der Waals surface area contributed by atoms with E-state index in [1.54, 1.807) is 7.11 Å². The van der Waals surface area contributed by atoms with Crippen LogP contribution in [-0.2, 0) is 6.42 Å². The van der Waals surface area contributed by atoms with Crippen LogP contribution in [0.3, 0.4) is 0 Å². The van der Waals surface area contributed by atoms with Gasteiger partial charge < -0.3 is 10.1 Å². The van der Waals surface area contributed by atoms with Gasteiger partial charge in [0.25, 0.3) is 0 Å². The second-order valence-electron chi connectivity index (χ2n) is 5.19. The maximum Gasteiger partial charge on any atom is 0.143 e. The summed E-state index contributed by atoms with van der Waals surface area (Å²) in [6.07, 6.45) is 3.66. The van der Waals surface area contributed by atoms with Crippen LogP contribution in [0, 0.1) is 6.92 Å². The Hall–Kier alpha value is -1.00. The Morgan fingerprint density at radius 1 is 1.40 bits per heavy atom. The van der Waals surface area contributed by atoms with E-state index in [2.05, 4.69) is 45.7 Å². The van der Waals surface area contributed by atoms with Gasteiger partial charge in [0, 0.05) is 9.35 Å². The molecule has 20 heavy (non-hydrogen) atoms. The van der Waals surface area contributed by atoms with Gasteiger partial charge in [0.05, 0.1) is 18.8 Å². The molecule has 0 saturated carbocycles. The molecule has 106 valence electrons. The van der Waals surface area contributed by atoms with Crippen LogP contribution in [0.4, 0.5) is 5.69 Å². The summed E-state index contributed by atoms with van der Waals surface area (Å²) in [7, 11) is 1.73. The quantitative estimate of drug-likeness (QED) is 0.808. The molecule has 1 aromatic carbocycles. The first-order valence-electron chi connectivity index (χ1n) is 6.86. The number of ether oxygens (including phenoxy) is 1. The van der Waals surface area contributed by atoms with Gasteiger partial charge in [0.1, 0.15) is 5.75 Å². The SMILES string of the molecule is COc1cc(Br)cc(C)c1NC1CCCc2sccc21. The van der Waals surface area contributed by atoms with Gasteiger partial charge in [-0.05, 0) is 60.9 Å². The van der Waals surface area contributed by atoms with Crippen molar-refractivity contribution in [2.75, 3.05) is 12.4 Å². The number of benzene rings is 1. The topological polar surface area (TPSA) is 21.3 Å². The van der Waals surface area contributed by atoms with Crippen molar-refractivity contribution in [2.45, 2.75) is 32.2 Å². The van der Waals surface area contributed by atoms with Gasteiger partial charge in [-0.1, -0.05) is 15.9 Å². The number of aryl methyl sites for hydroxylation is 2. The van der Waals surface area contributed by atoms with Crippen molar-refractivity contribution in [3.8, 4) is 5.75 Å². The molecule has 1 aromatic heterocycles. The molecule has 0 radical (unpaired) electrons. The predicted octanol–water partition coefficient (Wildman–Crippen LogP) is 5.32. The number of anilines is 1. The first-order valence-corrected chi connectivity index (χ1v) is 8.53. The Morgan fingerprint density at radius 3 is 3.05 bits per heavy atom. The van der Waals surface area contributed by atoms with Crippen LogP contribution in [0.15, 0.2) is 28.1 Å². The van der Waals surface area contributed by atoms with E-state index in [4.69, 9.17) is 4.74 Å². The van der Waals surface area contributed by atoms with Gasteiger partial charge in [-0.25, -0.2) is 0 Å². The molecule has 0 amide bonds. The van der Waals surface area contributed by atoms with Gasteiger partial charge in [-0.15, -0.1) is 11.3 Å². The first-order chi connectivity index (χ1) is 9.69. The van der Waals surface area contributed by atoms with Crippen LogP contribution < -0.4 is 10.1 Å². The number of halogens is 1. The smallest absolute Gasteiger partial charge is 0.143 e. The Balaban J connectivity index is 1.93. The average molecular weight is 352 g/mol. The highest BCUT2D eigenvalue weighted by Gasteiger charge is 2.22. The molecule has 1 unspecified atom stereocenters. The summed E-state index contributed by atoms with van der Waals surface area (Å²) < 4.78 is 6.58. The second-order valence-corrected chi connectivity index (χ2v) is 7.10. The van der Waals surface area contributed by atoms with Gasteiger partial charge in [0.2, 0.25) is 0 Å². The summed E-state index contributed by atoms with van der Waals surface area (Å²) in [5, 5.41) is 5.90. The standard InChI is InChI=1S/C16H18BrNOS/c1-10-8-11(17)9-14(19-2)16(10)18-13-4-3-5-15-12(13)6-7-20-15/h6-9,13,18H,3-5H2,1-2H3. The fourth-order valence-electron chi connectivity index (χ4n) is 2.87. The van der Waals surface area contributed by atoms with Crippen molar-refractivity contribution >= 4 is 33.0 Å². The van der Waals surface area contributed by atoms with Gasteiger partial charge in [-0.2, -0.15) is 0 Å². The lowest BCUT2D eigenvalue weighted by molar-refractivity contribution is 0.415. The van der Waals surface area contributed by atoms with Crippen LogP contribution in [0.2, 0.25) is 0 Å². The molecule has 1 heterocycles. The molecule has 3 rings (SSSR count). The molecule has 2 nitrogen and oxygen atoms in total. The summed E-state index contributed by atoms with van der Waals surface area (Å²) in [4.78, 5) is 1.53. The average Bonchev–Trinajstić information content (AvgIpc) is 2.90. The molecule has 0 fully saturated rings. The number of thiophene rings is 1. The van der Waals surface area contributed by atoms with Crippen molar-refractivity contribution in [1.82, 2.24) is 0 Å². The van der Waals surface area contributed by atoms with Gasteiger partial charge in [0.15, 0.2) is 0 Å². The second kappa shape index (κ2) is 5.78. The van der Waals surface area contributed by atoms with Gasteiger partial charge in [-0.3, -0.25) is 0 Å². The zero-order valence-electron chi connectivity index (χ0n) is 11.7. The van der Waals surface area contributed by atoms with E-state index in [9.17, 15) is 0 Å². The highest BCUT2D eigenvalue weighted by atomic mass is 79.9. The third-order valence-electron chi connectivity index (χ3n) is 3.85. The minimum Gasteiger partial charge on any atom is -0.495 e. The third-order valence-corrected chi connectivity index (χ3v) is 5.31. The number of hydrogen-bond donors (Lipinski definition) is 1. The number of rotatable bonds is 3. The van der Waals surface area contributed by atoms with Crippen LogP contribution in [0.1, 0.15) is 34.9 Å². The Bertz CT molecular complexity index is 623. The molecule has 0 bridgehead atoms. The fraction of sp³-hybridized carbons (Fsp3) is 0.375. The largest absolute Gasteiger partial charge is 0.495 e. The summed E-state index contributed by atoms with van der Waals surface area (Å²) in [5.74, 6) is 0.902. The van der Waals surface area contributed by atoms with Crippen molar-refractivity contribution in [3.05, 3.63) is 44.1 Å². The lowest BCUT2D eigenvalue weighted by atomic mass is 9.93. The Labute approximate surface area is 132 Å². The van der Waals surface area contributed by atoms with E-state index in [1.807, 2.05) is 17.4 Å². The van der Waals surface area contributed by atoms with Crippen LogP contribution in [-0.4, -0.2) is 7.11 Å². The molecule has 0 spiro atoms. The Kier molecular flexibility index (Phi) is 4.03. The van der Waals surface area contributed by atoms with E-state index in [0.717, 1.165) is 15.9 Å². The lowest BCUT2D eigenvalue weighted by Gasteiger charge is -2.26. The van der Waals surface area contributed by atoms with Crippen LogP contribution in [0.25, 0.3) is 0 Å². The number of nitrogens with one attached hydrogen (secondary N) is 1. The minimum absolute atomic E-state index is 0.402. The predicted molar refractivity (Wildman–Crippen MR) is 89.1 cm³/mol. The number of hydrogen-bond acceptors (Lipinski definition) is 3. The van der Waals surface area contributed by atoms with Crippen molar-refractivity contribution in [3.63, 3.8) is 0 Å². The van der Waals surface area contributed by atoms with Crippen molar-refractivity contribution in [2.24, 2.45) is 0 Å². The monoisotopic (exact) mass is 351 g/mol. The van der Waals surface area contributed by atoms with E-state index in [0.29, 0.717) is 6.04 Å². The van der Waals surface area contributed by atoms with Crippen LogP contribution in [0.5, 0.6) is 5.75 Å². The highest BCUT2D eigenvalue weighted by Crippen LogP contribution is 2.39. The molecule has 0 aliphatic heterocycles. The maximum atomic E-state index is 5.53.